The lowest BCUT2D eigenvalue weighted by Crippen LogP contribution is -2.41. The van der Waals surface area contributed by atoms with Gasteiger partial charge in [0.2, 0.25) is 0 Å². The standard InChI is InChI=1S/C15H22N2O/c1-15(2)10-4-5-13(15)17-14(18)11-6-8-12(16-3)9-7-11/h6-9,13,16H,4-5,10H2,1-3H3,(H,17,18). The minimum Gasteiger partial charge on any atom is -0.388 e. The molecule has 0 bridgehead atoms. The van der Waals surface area contributed by atoms with E-state index in [0.717, 1.165) is 17.7 Å². The summed E-state index contributed by atoms with van der Waals surface area (Å²) in [7, 11) is 1.87. The molecule has 3 heteroatoms. The van der Waals surface area contributed by atoms with Crippen LogP contribution in [0.25, 0.3) is 0 Å². The highest BCUT2D eigenvalue weighted by atomic mass is 16.1. The van der Waals surface area contributed by atoms with Crippen LogP contribution in [0.15, 0.2) is 24.3 Å². The fourth-order valence-corrected chi connectivity index (χ4v) is 2.62. The van der Waals surface area contributed by atoms with E-state index >= 15 is 0 Å². The van der Waals surface area contributed by atoms with E-state index in [4.69, 9.17) is 0 Å². The number of carbonyl (C=O) groups excluding carboxylic acids is 1. The third-order valence-electron chi connectivity index (χ3n) is 4.00. The van der Waals surface area contributed by atoms with Gasteiger partial charge in [-0.05, 0) is 42.5 Å². The fourth-order valence-electron chi connectivity index (χ4n) is 2.62. The smallest absolute Gasteiger partial charge is 0.251 e. The van der Waals surface area contributed by atoms with Crippen LogP contribution < -0.4 is 10.6 Å². The van der Waals surface area contributed by atoms with Gasteiger partial charge in [0.15, 0.2) is 0 Å². The second-order valence-electron chi connectivity index (χ2n) is 5.73. The highest BCUT2D eigenvalue weighted by Crippen LogP contribution is 2.37. The molecule has 1 saturated carbocycles. The molecule has 1 fully saturated rings. The molecule has 1 atom stereocenters. The zero-order valence-electron chi connectivity index (χ0n) is 11.4. The van der Waals surface area contributed by atoms with Crippen molar-refractivity contribution >= 4 is 11.6 Å². The quantitative estimate of drug-likeness (QED) is 0.860. The molecule has 3 nitrogen and oxygen atoms in total. The molecule has 98 valence electrons. The van der Waals surface area contributed by atoms with Crippen LogP contribution in [0, 0.1) is 5.41 Å². The van der Waals surface area contributed by atoms with E-state index in [1.165, 1.54) is 12.8 Å². The SMILES string of the molecule is CNc1ccc(C(=O)NC2CCCC2(C)C)cc1. The first-order valence-corrected chi connectivity index (χ1v) is 6.61. The summed E-state index contributed by atoms with van der Waals surface area (Å²) in [6.07, 6.45) is 3.49. The van der Waals surface area contributed by atoms with Gasteiger partial charge in [0, 0.05) is 24.3 Å². The number of benzene rings is 1. The molecule has 2 rings (SSSR count). The second kappa shape index (κ2) is 5.01. The summed E-state index contributed by atoms with van der Waals surface area (Å²) < 4.78 is 0. The lowest BCUT2D eigenvalue weighted by Gasteiger charge is -2.27. The number of nitrogens with one attached hydrogen (secondary N) is 2. The molecule has 1 aliphatic carbocycles. The monoisotopic (exact) mass is 246 g/mol. The molecule has 18 heavy (non-hydrogen) atoms. The lowest BCUT2D eigenvalue weighted by atomic mass is 9.87. The maximum absolute atomic E-state index is 12.2. The molecular weight excluding hydrogens is 224 g/mol. The van der Waals surface area contributed by atoms with E-state index in [-0.39, 0.29) is 11.3 Å². The zero-order chi connectivity index (χ0) is 13.2. The molecule has 0 aliphatic heterocycles. The second-order valence-corrected chi connectivity index (χ2v) is 5.73. The first-order valence-electron chi connectivity index (χ1n) is 6.61. The molecule has 1 aliphatic rings. The number of rotatable bonds is 3. The Hall–Kier alpha value is -1.51. The topological polar surface area (TPSA) is 41.1 Å². The number of amides is 1. The van der Waals surface area contributed by atoms with Gasteiger partial charge in [-0.1, -0.05) is 20.3 Å². The third kappa shape index (κ3) is 2.66. The number of hydrogen-bond acceptors (Lipinski definition) is 2. The van der Waals surface area contributed by atoms with Crippen LogP contribution in [-0.4, -0.2) is 19.0 Å². The first-order chi connectivity index (χ1) is 8.53. The van der Waals surface area contributed by atoms with Crippen LogP contribution >= 0.6 is 0 Å². The molecular formula is C15H22N2O. The Bertz CT molecular complexity index is 423. The van der Waals surface area contributed by atoms with Crippen LogP contribution in [0.3, 0.4) is 0 Å². The van der Waals surface area contributed by atoms with Gasteiger partial charge >= 0.3 is 0 Å². The maximum atomic E-state index is 12.2. The minimum atomic E-state index is 0.0395. The van der Waals surface area contributed by atoms with Crippen LogP contribution in [-0.2, 0) is 0 Å². The molecule has 0 aromatic heterocycles. The van der Waals surface area contributed by atoms with Crippen molar-refractivity contribution in [2.24, 2.45) is 5.41 Å². The van der Waals surface area contributed by atoms with E-state index in [0.29, 0.717) is 6.04 Å². The predicted molar refractivity (Wildman–Crippen MR) is 74.9 cm³/mol. The van der Waals surface area contributed by atoms with Crippen molar-refractivity contribution in [1.82, 2.24) is 5.32 Å². The van der Waals surface area contributed by atoms with Crippen molar-refractivity contribution in [1.29, 1.82) is 0 Å². The van der Waals surface area contributed by atoms with E-state index in [2.05, 4.69) is 24.5 Å². The average Bonchev–Trinajstić information content (AvgIpc) is 2.69. The van der Waals surface area contributed by atoms with E-state index in [9.17, 15) is 4.79 Å². The van der Waals surface area contributed by atoms with Crippen molar-refractivity contribution in [2.45, 2.75) is 39.2 Å². The van der Waals surface area contributed by atoms with Crippen LogP contribution in [0.4, 0.5) is 5.69 Å². The van der Waals surface area contributed by atoms with Gasteiger partial charge in [0.05, 0.1) is 0 Å². The molecule has 1 unspecified atom stereocenters. The molecule has 1 aromatic carbocycles. The summed E-state index contributed by atoms with van der Waals surface area (Å²) in [5, 5.41) is 6.21. The van der Waals surface area contributed by atoms with Gasteiger partial charge in [-0.15, -0.1) is 0 Å². The van der Waals surface area contributed by atoms with Gasteiger partial charge in [-0.3, -0.25) is 4.79 Å². The Kier molecular flexibility index (Phi) is 3.60. The highest BCUT2D eigenvalue weighted by molar-refractivity contribution is 5.94. The highest BCUT2D eigenvalue weighted by Gasteiger charge is 2.35. The van der Waals surface area contributed by atoms with Crippen molar-refractivity contribution in [3.8, 4) is 0 Å². The van der Waals surface area contributed by atoms with Gasteiger partial charge < -0.3 is 10.6 Å². The Labute approximate surface area is 109 Å². The largest absolute Gasteiger partial charge is 0.388 e. The summed E-state index contributed by atoms with van der Waals surface area (Å²) in [6, 6.07) is 7.88. The number of carbonyl (C=O) groups is 1. The summed E-state index contributed by atoms with van der Waals surface area (Å²) in [5.74, 6) is 0.0395. The Morgan fingerprint density at radius 2 is 1.94 bits per heavy atom. The average molecular weight is 246 g/mol. The van der Waals surface area contributed by atoms with E-state index in [1.54, 1.807) is 0 Å². The van der Waals surface area contributed by atoms with Gasteiger partial charge in [-0.25, -0.2) is 0 Å². The molecule has 0 radical (unpaired) electrons. The summed E-state index contributed by atoms with van der Waals surface area (Å²) >= 11 is 0. The Morgan fingerprint density at radius 3 is 2.44 bits per heavy atom. The van der Waals surface area contributed by atoms with E-state index in [1.807, 2.05) is 31.3 Å². The normalized spacial score (nSPS) is 21.6. The Morgan fingerprint density at radius 1 is 1.28 bits per heavy atom. The molecule has 2 N–H and O–H groups in total. The van der Waals surface area contributed by atoms with Crippen LogP contribution in [0.5, 0.6) is 0 Å². The number of hydrogen-bond donors (Lipinski definition) is 2. The molecule has 1 amide bonds. The minimum absolute atomic E-state index is 0.0395. The maximum Gasteiger partial charge on any atom is 0.251 e. The zero-order valence-corrected chi connectivity index (χ0v) is 11.4. The van der Waals surface area contributed by atoms with Gasteiger partial charge in [-0.2, -0.15) is 0 Å². The first kappa shape index (κ1) is 12.9. The van der Waals surface area contributed by atoms with Gasteiger partial charge in [0.25, 0.3) is 5.91 Å². The fraction of sp³-hybridized carbons (Fsp3) is 0.533. The summed E-state index contributed by atoms with van der Waals surface area (Å²) in [4.78, 5) is 12.2. The molecule has 0 spiro atoms. The van der Waals surface area contributed by atoms with Crippen molar-refractivity contribution in [3.05, 3.63) is 29.8 Å². The Balaban J connectivity index is 2.03. The van der Waals surface area contributed by atoms with Crippen molar-refractivity contribution in [3.63, 3.8) is 0 Å². The van der Waals surface area contributed by atoms with Crippen LogP contribution in [0.1, 0.15) is 43.5 Å². The molecule has 0 heterocycles. The summed E-state index contributed by atoms with van der Waals surface area (Å²) in [5.41, 5.74) is 1.98. The van der Waals surface area contributed by atoms with Crippen molar-refractivity contribution in [2.75, 3.05) is 12.4 Å². The van der Waals surface area contributed by atoms with Crippen molar-refractivity contribution < 1.29 is 4.79 Å². The van der Waals surface area contributed by atoms with Gasteiger partial charge in [0.1, 0.15) is 0 Å². The summed E-state index contributed by atoms with van der Waals surface area (Å²) in [6.45, 7) is 4.46. The third-order valence-corrected chi connectivity index (χ3v) is 4.00. The van der Waals surface area contributed by atoms with Crippen LogP contribution in [0.2, 0.25) is 0 Å². The molecule has 1 aromatic rings. The predicted octanol–water partition coefficient (Wildman–Crippen LogP) is 3.04. The number of anilines is 1. The van der Waals surface area contributed by atoms with E-state index < -0.39 is 0 Å². The molecule has 0 saturated heterocycles. The lowest BCUT2D eigenvalue weighted by molar-refractivity contribution is 0.0910.